The number of nitrogens with one attached hydrogen (secondary N) is 2. The van der Waals surface area contributed by atoms with E-state index >= 15 is 0 Å². The van der Waals surface area contributed by atoms with E-state index in [1.54, 1.807) is 30.2 Å². The Morgan fingerprint density at radius 1 is 1.20 bits per heavy atom. The van der Waals surface area contributed by atoms with Gasteiger partial charge in [0.1, 0.15) is 5.01 Å². The van der Waals surface area contributed by atoms with E-state index in [1.165, 1.54) is 10.3 Å². The monoisotopic (exact) mass is 422 g/mol. The predicted molar refractivity (Wildman–Crippen MR) is 122 cm³/mol. The van der Waals surface area contributed by atoms with Crippen molar-refractivity contribution in [2.24, 2.45) is 0 Å². The number of hydrogen-bond acceptors (Lipinski definition) is 5. The summed E-state index contributed by atoms with van der Waals surface area (Å²) in [7, 11) is 1.79. The lowest BCUT2D eigenvalue weighted by atomic mass is 10.2. The zero-order chi connectivity index (χ0) is 21.3. The van der Waals surface area contributed by atoms with E-state index < -0.39 is 6.04 Å². The Bertz CT molecular complexity index is 1070. The van der Waals surface area contributed by atoms with Gasteiger partial charge in [-0.1, -0.05) is 6.07 Å². The standard InChI is InChI=1S/C23H26N4O2S/c1-14-4-11-19-20(12-14)30-23(26-19)16-5-7-18(8-6-16)25-22(29)15(2)27(3)13-21(28)24-17-9-10-17/h4-8,11-12,15,17H,9-10,13H2,1-3H3,(H,24,28)(H,25,29)/t15-/m0/s1. The van der Waals surface area contributed by atoms with Gasteiger partial charge in [0.05, 0.1) is 22.8 Å². The maximum Gasteiger partial charge on any atom is 0.241 e. The second kappa shape index (κ2) is 8.53. The fraction of sp³-hybridized carbons (Fsp3) is 0.348. The number of nitrogens with zero attached hydrogens (tertiary/aromatic N) is 2. The minimum Gasteiger partial charge on any atom is -0.352 e. The largest absolute Gasteiger partial charge is 0.352 e. The molecule has 0 aliphatic heterocycles. The highest BCUT2D eigenvalue weighted by Gasteiger charge is 2.25. The van der Waals surface area contributed by atoms with Crippen molar-refractivity contribution in [3.05, 3.63) is 48.0 Å². The molecule has 2 amide bonds. The number of hydrogen-bond donors (Lipinski definition) is 2. The van der Waals surface area contributed by atoms with Crippen molar-refractivity contribution in [1.29, 1.82) is 0 Å². The highest BCUT2D eigenvalue weighted by atomic mass is 32.1. The predicted octanol–water partition coefficient (Wildman–Crippen LogP) is 3.81. The van der Waals surface area contributed by atoms with Crippen molar-refractivity contribution in [3.63, 3.8) is 0 Å². The Labute approximate surface area is 180 Å². The summed E-state index contributed by atoms with van der Waals surface area (Å²) < 4.78 is 1.17. The number of fused-ring (bicyclic) bond motifs is 1. The summed E-state index contributed by atoms with van der Waals surface area (Å²) in [6, 6.07) is 13.9. The van der Waals surface area contributed by atoms with Gasteiger partial charge in [0, 0.05) is 17.3 Å². The lowest BCUT2D eigenvalue weighted by Gasteiger charge is -2.23. The zero-order valence-electron chi connectivity index (χ0n) is 17.4. The maximum atomic E-state index is 12.6. The van der Waals surface area contributed by atoms with E-state index in [-0.39, 0.29) is 18.4 Å². The highest BCUT2D eigenvalue weighted by Crippen LogP contribution is 2.31. The molecule has 2 aromatic carbocycles. The molecule has 0 spiro atoms. The Morgan fingerprint density at radius 3 is 2.63 bits per heavy atom. The third kappa shape index (κ3) is 4.86. The van der Waals surface area contributed by atoms with Crippen LogP contribution in [0.4, 0.5) is 5.69 Å². The minimum atomic E-state index is -0.415. The van der Waals surface area contributed by atoms with Crippen LogP contribution in [-0.4, -0.2) is 47.4 Å². The van der Waals surface area contributed by atoms with Crippen molar-refractivity contribution in [1.82, 2.24) is 15.2 Å². The van der Waals surface area contributed by atoms with E-state index in [0.29, 0.717) is 6.04 Å². The Balaban J connectivity index is 1.37. The van der Waals surface area contributed by atoms with Crippen molar-refractivity contribution in [3.8, 4) is 10.6 Å². The summed E-state index contributed by atoms with van der Waals surface area (Å²) in [5, 5.41) is 6.84. The average molecular weight is 423 g/mol. The molecule has 1 aromatic heterocycles. The fourth-order valence-corrected chi connectivity index (χ4v) is 4.23. The molecule has 3 aromatic rings. The van der Waals surface area contributed by atoms with Crippen LogP contribution in [0.2, 0.25) is 0 Å². The molecule has 4 rings (SSSR count). The van der Waals surface area contributed by atoms with Crippen molar-refractivity contribution >= 4 is 39.1 Å². The molecule has 1 saturated carbocycles. The quantitative estimate of drug-likeness (QED) is 0.607. The first kappa shape index (κ1) is 20.5. The van der Waals surface area contributed by atoms with Gasteiger partial charge >= 0.3 is 0 Å². The molecule has 2 N–H and O–H groups in total. The smallest absolute Gasteiger partial charge is 0.241 e. The van der Waals surface area contributed by atoms with Crippen LogP contribution in [0.15, 0.2) is 42.5 Å². The van der Waals surface area contributed by atoms with Crippen molar-refractivity contribution in [2.45, 2.75) is 38.8 Å². The topological polar surface area (TPSA) is 74.3 Å². The minimum absolute atomic E-state index is 0.0324. The van der Waals surface area contributed by atoms with Gasteiger partial charge in [0.2, 0.25) is 11.8 Å². The molecule has 6 nitrogen and oxygen atoms in total. The summed E-state index contributed by atoms with van der Waals surface area (Å²) >= 11 is 1.66. The molecule has 0 bridgehead atoms. The summed E-state index contributed by atoms with van der Waals surface area (Å²) in [6.45, 7) is 4.09. The number of thiazole rings is 1. The molecular formula is C23H26N4O2S. The first-order chi connectivity index (χ1) is 14.4. The van der Waals surface area contributed by atoms with Crippen LogP contribution in [0, 0.1) is 6.92 Å². The number of rotatable bonds is 7. The van der Waals surface area contributed by atoms with E-state index in [2.05, 4.69) is 29.7 Å². The molecule has 156 valence electrons. The molecule has 1 aliphatic rings. The number of benzene rings is 2. The second-order valence-electron chi connectivity index (χ2n) is 7.99. The van der Waals surface area contributed by atoms with Crippen LogP contribution >= 0.6 is 11.3 Å². The van der Waals surface area contributed by atoms with Gasteiger partial charge in [0.15, 0.2) is 0 Å². The third-order valence-corrected chi connectivity index (χ3v) is 6.39. The molecule has 1 heterocycles. The number of carbonyl (C=O) groups excluding carboxylic acids is 2. The van der Waals surface area contributed by atoms with Gasteiger partial charge in [-0.3, -0.25) is 14.5 Å². The summed E-state index contributed by atoms with van der Waals surface area (Å²) in [5.41, 5.74) is 3.97. The highest BCUT2D eigenvalue weighted by molar-refractivity contribution is 7.21. The molecule has 0 saturated heterocycles. The van der Waals surface area contributed by atoms with Gasteiger partial charge in [-0.25, -0.2) is 4.98 Å². The Morgan fingerprint density at radius 2 is 1.93 bits per heavy atom. The molecule has 0 radical (unpaired) electrons. The van der Waals surface area contributed by atoms with E-state index in [9.17, 15) is 9.59 Å². The fourth-order valence-electron chi connectivity index (χ4n) is 3.16. The van der Waals surface area contributed by atoms with Crippen LogP contribution in [0.3, 0.4) is 0 Å². The number of amides is 2. The van der Waals surface area contributed by atoms with Gasteiger partial charge in [-0.05, 0) is 75.7 Å². The van der Waals surface area contributed by atoms with E-state index in [4.69, 9.17) is 4.98 Å². The normalized spacial score (nSPS) is 14.7. The lowest BCUT2D eigenvalue weighted by Crippen LogP contribution is -2.45. The Kier molecular flexibility index (Phi) is 5.83. The van der Waals surface area contributed by atoms with E-state index in [0.717, 1.165) is 34.6 Å². The molecule has 1 atom stereocenters. The van der Waals surface area contributed by atoms with E-state index in [1.807, 2.05) is 30.3 Å². The van der Waals surface area contributed by atoms with Gasteiger partial charge in [-0.2, -0.15) is 0 Å². The number of anilines is 1. The van der Waals surface area contributed by atoms with Crippen LogP contribution in [0.25, 0.3) is 20.8 Å². The molecule has 1 aliphatic carbocycles. The van der Waals surface area contributed by atoms with Gasteiger partial charge in [0.25, 0.3) is 0 Å². The molecule has 1 fully saturated rings. The average Bonchev–Trinajstić information content (AvgIpc) is 3.43. The number of aryl methyl sites for hydroxylation is 1. The molecule has 7 heteroatoms. The lowest BCUT2D eigenvalue weighted by molar-refractivity contribution is -0.124. The van der Waals surface area contributed by atoms with Crippen molar-refractivity contribution < 1.29 is 9.59 Å². The molecular weight excluding hydrogens is 396 g/mol. The summed E-state index contributed by atoms with van der Waals surface area (Å²) in [6.07, 6.45) is 2.11. The van der Waals surface area contributed by atoms with Crippen LogP contribution < -0.4 is 10.6 Å². The molecule has 30 heavy (non-hydrogen) atoms. The summed E-state index contributed by atoms with van der Waals surface area (Å²) in [4.78, 5) is 31.0. The van der Waals surface area contributed by atoms with Gasteiger partial charge in [-0.15, -0.1) is 11.3 Å². The van der Waals surface area contributed by atoms with Crippen LogP contribution in [0.5, 0.6) is 0 Å². The maximum absolute atomic E-state index is 12.6. The van der Waals surface area contributed by atoms with Crippen LogP contribution in [0.1, 0.15) is 25.3 Å². The molecule has 0 unspecified atom stereocenters. The second-order valence-corrected chi connectivity index (χ2v) is 9.02. The number of likely N-dealkylation sites (N-methyl/N-ethyl adjacent to an activating group) is 1. The van der Waals surface area contributed by atoms with Gasteiger partial charge < -0.3 is 10.6 Å². The first-order valence-corrected chi connectivity index (χ1v) is 11.0. The zero-order valence-corrected chi connectivity index (χ0v) is 18.3. The number of aromatic nitrogens is 1. The SMILES string of the molecule is Cc1ccc2nc(-c3ccc(NC(=O)[C@H](C)N(C)CC(=O)NC4CC4)cc3)sc2c1. The summed E-state index contributed by atoms with van der Waals surface area (Å²) in [5.74, 6) is -0.171. The first-order valence-electron chi connectivity index (χ1n) is 10.2. The number of carbonyl (C=O) groups is 2. The Hall–Kier alpha value is -2.77. The van der Waals surface area contributed by atoms with Crippen molar-refractivity contribution in [2.75, 3.05) is 18.9 Å². The third-order valence-electron chi connectivity index (χ3n) is 5.32. The van der Waals surface area contributed by atoms with Crippen LogP contribution in [-0.2, 0) is 9.59 Å².